The Hall–Kier alpha value is -0.0400. The Kier molecular flexibility index (Phi) is 8.13. The third kappa shape index (κ3) is 6.19. The molecule has 1 heteroatoms. The molecule has 0 aliphatic rings. The molecule has 0 aromatic heterocycles. The SMILES string of the molecule is CCCCCCCC[N+](C)(CC)C(C)C. The molecule has 0 rings (SSSR count). The van der Waals surface area contributed by atoms with Gasteiger partial charge in [-0.3, -0.25) is 0 Å². The van der Waals surface area contributed by atoms with Crippen LogP contribution in [0.1, 0.15) is 66.2 Å². The van der Waals surface area contributed by atoms with Crippen LogP contribution in [0.3, 0.4) is 0 Å². The first-order valence-electron chi connectivity index (χ1n) is 6.91. The Morgan fingerprint density at radius 2 is 1.40 bits per heavy atom. The lowest BCUT2D eigenvalue weighted by Crippen LogP contribution is -2.49. The normalized spacial score (nSPS) is 15.6. The van der Waals surface area contributed by atoms with Gasteiger partial charge in [-0.2, -0.15) is 0 Å². The lowest BCUT2D eigenvalue weighted by Gasteiger charge is -2.37. The molecule has 0 fully saturated rings. The van der Waals surface area contributed by atoms with E-state index in [1.54, 1.807) is 0 Å². The van der Waals surface area contributed by atoms with Crippen LogP contribution in [0, 0.1) is 0 Å². The highest BCUT2D eigenvalue weighted by atomic mass is 15.3. The number of nitrogens with zero attached hydrogens (tertiary/aromatic N) is 1. The standard InChI is InChI=1S/C14H32N/c1-6-8-9-10-11-12-13-15(5,7-2)14(3)4/h14H,6-13H2,1-5H3/q+1. The number of hydrogen-bond acceptors (Lipinski definition) is 0. The molecule has 0 saturated heterocycles. The summed E-state index contributed by atoms with van der Waals surface area (Å²) >= 11 is 0. The highest BCUT2D eigenvalue weighted by molar-refractivity contribution is 4.47. The van der Waals surface area contributed by atoms with Crippen LogP contribution in [0.15, 0.2) is 0 Å². The number of unbranched alkanes of at least 4 members (excludes halogenated alkanes) is 5. The van der Waals surface area contributed by atoms with Gasteiger partial charge in [0.05, 0.1) is 26.2 Å². The molecule has 92 valence electrons. The fraction of sp³-hybridized carbons (Fsp3) is 1.00. The predicted octanol–water partition coefficient (Wildman–Crippen LogP) is 4.22. The number of hydrogen-bond donors (Lipinski definition) is 0. The molecule has 0 aliphatic carbocycles. The molecule has 0 bridgehead atoms. The molecular weight excluding hydrogens is 182 g/mol. The largest absolute Gasteiger partial charge is 0.324 e. The summed E-state index contributed by atoms with van der Waals surface area (Å²) in [7, 11) is 2.40. The molecule has 1 atom stereocenters. The van der Waals surface area contributed by atoms with E-state index in [1.165, 1.54) is 56.1 Å². The van der Waals surface area contributed by atoms with E-state index in [4.69, 9.17) is 0 Å². The number of quaternary nitrogens is 1. The zero-order valence-electron chi connectivity index (χ0n) is 11.7. The van der Waals surface area contributed by atoms with Crippen LogP contribution in [-0.2, 0) is 0 Å². The van der Waals surface area contributed by atoms with Crippen LogP contribution in [0.5, 0.6) is 0 Å². The summed E-state index contributed by atoms with van der Waals surface area (Å²) in [6.45, 7) is 11.9. The number of rotatable bonds is 9. The summed E-state index contributed by atoms with van der Waals surface area (Å²) in [5.74, 6) is 0. The van der Waals surface area contributed by atoms with Gasteiger partial charge in [0.2, 0.25) is 0 Å². The van der Waals surface area contributed by atoms with Crippen molar-refractivity contribution in [2.45, 2.75) is 72.3 Å². The molecule has 1 unspecified atom stereocenters. The van der Waals surface area contributed by atoms with Gasteiger partial charge in [0.15, 0.2) is 0 Å². The fourth-order valence-corrected chi connectivity index (χ4v) is 2.03. The van der Waals surface area contributed by atoms with E-state index in [1.807, 2.05) is 0 Å². The highest BCUT2D eigenvalue weighted by Gasteiger charge is 2.22. The molecule has 0 saturated carbocycles. The second-order valence-corrected chi connectivity index (χ2v) is 5.38. The van der Waals surface area contributed by atoms with Gasteiger partial charge >= 0.3 is 0 Å². The first-order valence-corrected chi connectivity index (χ1v) is 6.91. The van der Waals surface area contributed by atoms with Gasteiger partial charge in [-0.25, -0.2) is 0 Å². The van der Waals surface area contributed by atoms with Crippen molar-refractivity contribution in [1.82, 2.24) is 0 Å². The third-order valence-corrected chi connectivity index (χ3v) is 3.99. The minimum atomic E-state index is 0.769. The predicted molar refractivity (Wildman–Crippen MR) is 70.1 cm³/mol. The lowest BCUT2D eigenvalue weighted by atomic mass is 10.1. The van der Waals surface area contributed by atoms with Gasteiger partial charge in [-0.05, 0) is 33.6 Å². The Bertz CT molecular complexity index is 142. The van der Waals surface area contributed by atoms with Gasteiger partial charge in [0.1, 0.15) is 0 Å². The molecule has 0 aliphatic heterocycles. The van der Waals surface area contributed by atoms with Crippen molar-refractivity contribution in [3.8, 4) is 0 Å². The summed E-state index contributed by atoms with van der Waals surface area (Å²) in [4.78, 5) is 0. The van der Waals surface area contributed by atoms with E-state index < -0.39 is 0 Å². The molecule has 0 radical (unpaired) electrons. The first-order chi connectivity index (χ1) is 7.06. The molecule has 0 amide bonds. The maximum absolute atomic E-state index is 2.40. The molecule has 0 spiro atoms. The van der Waals surface area contributed by atoms with Gasteiger partial charge in [0, 0.05) is 0 Å². The van der Waals surface area contributed by atoms with Crippen LogP contribution in [-0.4, -0.2) is 30.7 Å². The van der Waals surface area contributed by atoms with Crippen molar-refractivity contribution in [2.24, 2.45) is 0 Å². The summed E-state index contributed by atoms with van der Waals surface area (Å²) < 4.78 is 1.24. The average Bonchev–Trinajstić information content (AvgIpc) is 2.22. The first kappa shape index (κ1) is 15.0. The fourth-order valence-electron chi connectivity index (χ4n) is 2.03. The summed E-state index contributed by atoms with van der Waals surface area (Å²) in [6, 6.07) is 0.769. The van der Waals surface area contributed by atoms with Crippen LogP contribution in [0.2, 0.25) is 0 Å². The second-order valence-electron chi connectivity index (χ2n) is 5.38. The maximum atomic E-state index is 2.40. The van der Waals surface area contributed by atoms with E-state index in [0.29, 0.717) is 0 Å². The van der Waals surface area contributed by atoms with E-state index in [2.05, 4.69) is 34.7 Å². The molecule has 0 aromatic carbocycles. The maximum Gasteiger partial charge on any atom is 0.0831 e. The lowest BCUT2D eigenvalue weighted by molar-refractivity contribution is -0.928. The summed E-state index contributed by atoms with van der Waals surface area (Å²) in [6.07, 6.45) is 8.50. The van der Waals surface area contributed by atoms with E-state index in [0.717, 1.165) is 6.04 Å². The van der Waals surface area contributed by atoms with Crippen molar-refractivity contribution in [3.63, 3.8) is 0 Å². The zero-order chi connectivity index (χ0) is 11.7. The van der Waals surface area contributed by atoms with Gasteiger partial charge in [-0.1, -0.05) is 32.6 Å². The third-order valence-electron chi connectivity index (χ3n) is 3.99. The second kappa shape index (κ2) is 8.15. The molecular formula is C14H32N+. The summed E-state index contributed by atoms with van der Waals surface area (Å²) in [5.41, 5.74) is 0. The Balaban J connectivity index is 3.55. The highest BCUT2D eigenvalue weighted by Crippen LogP contribution is 2.13. The van der Waals surface area contributed by atoms with Crippen LogP contribution < -0.4 is 0 Å². The molecule has 15 heavy (non-hydrogen) atoms. The topological polar surface area (TPSA) is 0 Å². The van der Waals surface area contributed by atoms with E-state index >= 15 is 0 Å². The van der Waals surface area contributed by atoms with Crippen molar-refractivity contribution in [2.75, 3.05) is 20.1 Å². The monoisotopic (exact) mass is 214 g/mol. The average molecular weight is 214 g/mol. The van der Waals surface area contributed by atoms with Gasteiger partial charge in [-0.15, -0.1) is 0 Å². The smallest absolute Gasteiger partial charge is 0.0831 e. The van der Waals surface area contributed by atoms with Gasteiger partial charge in [0.25, 0.3) is 0 Å². The summed E-state index contributed by atoms with van der Waals surface area (Å²) in [5, 5.41) is 0. The Morgan fingerprint density at radius 3 is 1.87 bits per heavy atom. The minimum absolute atomic E-state index is 0.769. The van der Waals surface area contributed by atoms with Crippen molar-refractivity contribution in [1.29, 1.82) is 0 Å². The molecule has 0 N–H and O–H groups in total. The minimum Gasteiger partial charge on any atom is -0.324 e. The van der Waals surface area contributed by atoms with Crippen molar-refractivity contribution < 1.29 is 4.48 Å². The van der Waals surface area contributed by atoms with E-state index in [-0.39, 0.29) is 0 Å². The molecule has 0 aromatic rings. The van der Waals surface area contributed by atoms with Crippen molar-refractivity contribution in [3.05, 3.63) is 0 Å². The van der Waals surface area contributed by atoms with Crippen LogP contribution >= 0.6 is 0 Å². The van der Waals surface area contributed by atoms with Crippen LogP contribution in [0.4, 0.5) is 0 Å². The van der Waals surface area contributed by atoms with Crippen LogP contribution in [0.25, 0.3) is 0 Å². The quantitative estimate of drug-likeness (QED) is 0.398. The Morgan fingerprint density at radius 1 is 0.867 bits per heavy atom. The van der Waals surface area contributed by atoms with Gasteiger partial charge < -0.3 is 4.48 Å². The zero-order valence-corrected chi connectivity index (χ0v) is 11.7. The molecule has 1 nitrogen and oxygen atoms in total. The molecule has 0 heterocycles. The Labute approximate surface area is 97.5 Å². The van der Waals surface area contributed by atoms with E-state index in [9.17, 15) is 0 Å². The van der Waals surface area contributed by atoms with Crippen molar-refractivity contribution >= 4 is 0 Å².